The zero-order chi connectivity index (χ0) is 23.8. The Morgan fingerprint density at radius 2 is 1.69 bits per heavy atom. The van der Waals surface area contributed by atoms with E-state index in [1.807, 2.05) is 6.92 Å². The van der Waals surface area contributed by atoms with E-state index in [9.17, 15) is 4.79 Å². The summed E-state index contributed by atoms with van der Waals surface area (Å²) in [5.41, 5.74) is -0.569. The van der Waals surface area contributed by atoms with Crippen LogP contribution in [0.4, 0.5) is 0 Å². The van der Waals surface area contributed by atoms with Crippen LogP contribution in [0.3, 0.4) is 0 Å². The van der Waals surface area contributed by atoms with E-state index in [0.29, 0.717) is 12.3 Å². The summed E-state index contributed by atoms with van der Waals surface area (Å²) in [7, 11) is 0. The number of esters is 1. The summed E-state index contributed by atoms with van der Waals surface area (Å²) in [5.74, 6) is -0.352. The summed E-state index contributed by atoms with van der Waals surface area (Å²) < 4.78 is 18.1. The minimum atomic E-state index is -0.783. The highest BCUT2D eigenvalue weighted by atomic mass is 17.3. The molecule has 2 bridgehead atoms. The van der Waals surface area contributed by atoms with Crippen LogP contribution in [0.2, 0.25) is 0 Å². The third kappa shape index (κ3) is 6.05. The van der Waals surface area contributed by atoms with Gasteiger partial charge in [-0.25, -0.2) is 9.78 Å². The monoisotopic (exact) mass is 456 g/mol. The van der Waals surface area contributed by atoms with Crippen molar-refractivity contribution in [3.05, 3.63) is 0 Å². The Hall–Kier alpha value is -0.690. The number of carbonyl (C=O) groups is 1. The lowest BCUT2D eigenvalue weighted by Crippen LogP contribution is -2.69. The number of hydrogen-bond acceptors (Lipinski definition) is 6. The van der Waals surface area contributed by atoms with E-state index in [1.54, 1.807) is 0 Å². The van der Waals surface area contributed by atoms with Gasteiger partial charge in [0, 0.05) is 24.7 Å². The average Bonchev–Trinajstić information content (AvgIpc) is 3.01. The first-order valence-electron chi connectivity index (χ1n) is 13.2. The van der Waals surface area contributed by atoms with Gasteiger partial charge in [-0.3, -0.25) is 4.79 Å². The SMILES string of the molecule is CCC.CCCC.CCCCC(=O)OC1OC2OC3(C)CCC4CCCC(C1C)C42OO3. The second-order valence-electron chi connectivity index (χ2n) is 10.0. The van der Waals surface area contributed by atoms with Crippen LogP contribution >= 0.6 is 0 Å². The molecular formula is C26H48O6. The Bertz CT molecular complexity index is 567. The summed E-state index contributed by atoms with van der Waals surface area (Å²) in [4.78, 5) is 23.9. The van der Waals surface area contributed by atoms with Gasteiger partial charge in [-0.05, 0) is 38.5 Å². The topological polar surface area (TPSA) is 63.2 Å². The molecule has 7 unspecified atom stereocenters. The molecule has 32 heavy (non-hydrogen) atoms. The molecule has 1 saturated carbocycles. The van der Waals surface area contributed by atoms with Crippen LogP contribution in [0, 0.1) is 17.8 Å². The van der Waals surface area contributed by atoms with Crippen molar-refractivity contribution in [2.45, 2.75) is 143 Å². The fraction of sp³-hybridized carbons (Fsp3) is 0.962. The lowest BCUT2D eigenvalue weighted by atomic mass is 9.61. The van der Waals surface area contributed by atoms with Crippen molar-refractivity contribution in [2.24, 2.45) is 17.8 Å². The molecule has 0 N–H and O–H groups in total. The maximum Gasteiger partial charge on any atom is 0.308 e. The van der Waals surface area contributed by atoms with Crippen molar-refractivity contribution in [2.75, 3.05) is 0 Å². The minimum absolute atomic E-state index is 0.0549. The van der Waals surface area contributed by atoms with Crippen molar-refractivity contribution in [3.63, 3.8) is 0 Å². The van der Waals surface area contributed by atoms with Crippen LogP contribution < -0.4 is 0 Å². The Balaban J connectivity index is 0.000000459. The fourth-order valence-corrected chi connectivity index (χ4v) is 5.17. The number of unbranched alkanes of at least 4 members (excludes halogenated alkanes) is 2. The van der Waals surface area contributed by atoms with Gasteiger partial charge in [-0.15, -0.1) is 0 Å². The van der Waals surface area contributed by atoms with Crippen molar-refractivity contribution < 1.29 is 28.8 Å². The van der Waals surface area contributed by atoms with Gasteiger partial charge >= 0.3 is 5.97 Å². The lowest BCUT2D eigenvalue weighted by Gasteiger charge is -2.58. The molecule has 7 atom stereocenters. The number of hydrogen-bond donors (Lipinski definition) is 0. The molecule has 6 nitrogen and oxygen atoms in total. The van der Waals surface area contributed by atoms with E-state index in [1.165, 1.54) is 19.3 Å². The van der Waals surface area contributed by atoms with Crippen LogP contribution in [0.25, 0.3) is 0 Å². The third-order valence-electron chi connectivity index (χ3n) is 7.12. The molecule has 0 amide bonds. The molecule has 0 radical (unpaired) electrons. The smallest absolute Gasteiger partial charge is 0.308 e. The van der Waals surface area contributed by atoms with E-state index in [-0.39, 0.29) is 17.8 Å². The van der Waals surface area contributed by atoms with E-state index < -0.39 is 24.0 Å². The zero-order valence-electron chi connectivity index (χ0n) is 21.6. The van der Waals surface area contributed by atoms with Crippen LogP contribution in [-0.2, 0) is 28.8 Å². The van der Waals surface area contributed by atoms with Crippen LogP contribution in [0.15, 0.2) is 0 Å². The Morgan fingerprint density at radius 1 is 1.00 bits per heavy atom. The van der Waals surface area contributed by atoms with E-state index in [2.05, 4.69) is 41.5 Å². The lowest BCUT2D eigenvalue weighted by molar-refractivity contribution is -0.575. The molecule has 5 rings (SSSR count). The second-order valence-corrected chi connectivity index (χ2v) is 10.0. The van der Waals surface area contributed by atoms with Crippen molar-refractivity contribution in [3.8, 4) is 0 Å². The summed E-state index contributed by atoms with van der Waals surface area (Å²) >= 11 is 0. The molecule has 0 aromatic carbocycles. The van der Waals surface area contributed by atoms with Crippen molar-refractivity contribution in [1.29, 1.82) is 0 Å². The molecule has 4 saturated heterocycles. The molecule has 5 aliphatic rings. The molecule has 0 aromatic heterocycles. The van der Waals surface area contributed by atoms with Gasteiger partial charge in [0.15, 0.2) is 11.9 Å². The summed E-state index contributed by atoms with van der Waals surface area (Å²) in [6.45, 7) is 14.7. The van der Waals surface area contributed by atoms with Gasteiger partial charge in [0.25, 0.3) is 0 Å². The maximum atomic E-state index is 12.1. The number of carbonyl (C=O) groups excluding carboxylic acids is 1. The molecule has 188 valence electrons. The first-order valence-corrected chi connectivity index (χ1v) is 13.2. The summed E-state index contributed by atoms with van der Waals surface area (Å²) in [6.07, 6.45) is 10.1. The molecule has 6 heteroatoms. The standard InChI is InChI=1S/C19H30O6.C4H10.C3H8/c1-4-5-9-15(20)21-16-12(2)14-8-6-7-13-10-11-18(3)23-17(22-16)19(13,14)25-24-18;1-3-4-2;1-3-2/h12-14,16-17H,4-11H2,1-3H3;3-4H2,1-2H3;3H2,1-2H3. The van der Waals surface area contributed by atoms with Gasteiger partial charge in [-0.1, -0.05) is 73.6 Å². The summed E-state index contributed by atoms with van der Waals surface area (Å²) in [5, 5.41) is 0. The third-order valence-corrected chi connectivity index (χ3v) is 7.12. The molecule has 4 heterocycles. The van der Waals surface area contributed by atoms with Crippen molar-refractivity contribution in [1.82, 2.24) is 0 Å². The zero-order valence-corrected chi connectivity index (χ0v) is 21.6. The predicted octanol–water partition coefficient (Wildman–Crippen LogP) is 6.90. The normalized spacial score (nSPS) is 39.4. The Morgan fingerprint density at radius 3 is 2.31 bits per heavy atom. The second kappa shape index (κ2) is 12.7. The molecule has 1 aliphatic carbocycles. The van der Waals surface area contributed by atoms with E-state index in [4.69, 9.17) is 24.0 Å². The van der Waals surface area contributed by atoms with E-state index in [0.717, 1.165) is 44.9 Å². The van der Waals surface area contributed by atoms with Gasteiger partial charge < -0.3 is 14.2 Å². The minimum Gasteiger partial charge on any atom is -0.435 e. The molecular weight excluding hydrogens is 408 g/mol. The van der Waals surface area contributed by atoms with Gasteiger partial charge in [0.1, 0.15) is 0 Å². The fourth-order valence-electron chi connectivity index (χ4n) is 5.17. The highest BCUT2D eigenvalue weighted by molar-refractivity contribution is 5.69. The largest absolute Gasteiger partial charge is 0.435 e. The summed E-state index contributed by atoms with van der Waals surface area (Å²) in [6, 6.07) is 0. The highest BCUT2D eigenvalue weighted by Crippen LogP contribution is 2.59. The first kappa shape index (κ1) is 27.6. The van der Waals surface area contributed by atoms with Gasteiger partial charge in [-0.2, -0.15) is 0 Å². The van der Waals surface area contributed by atoms with Crippen LogP contribution in [-0.4, -0.2) is 29.9 Å². The Kier molecular flexibility index (Phi) is 10.9. The van der Waals surface area contributed by atoms with Gasteiger partial charge in [0.05, 0.1) is 0 Å². The maximum absolute atomic E-state index is 12.1. The average molecular weight is 457 g/mol. The highest BCUT2D eigenvalue weighted by Gasteiger charge is 2.68. The number of fused-ring (bicyclic) bond motifs is 2. The van der Waals surface area contributed by atoms with Crippen molar-refractivity contribution >= 4 is 5.97 Å². The molecule has 4 aliphatic heterocycles. The predicted molar refractivity (Wildman–Crippen MR) is 124 cm³/mol. The molecule has 5 fully saturated rings. The van der Waals surface area contributed by atoms with Gasteiger partial charge in [0.2, 0.25) is 12.1 Å². The molecule has 1 spiro atoms. The number of ether oxygens (including phenoxy) is 3. The van der Waals surface area contributed by atoms with Crippen LogP contribution in [0.5, 0.6) is 0 Å². The molecule has 0 aromatic rings. The first-order chi connectivity index (χ1) is 15.3. The van der Waals surface area contributed by atoms with Crippen LogP contribution in [0.1, 0.15) is 119 Å². The number of rotatable bonds is 5. The quantitative estimate of drug-likeness (QED) is 0.331. The Labute approximate surface area is 196 Å². The van der Waals surface area contributed by atoms with E-state index >= 15 is 0 Å².